The molecule has 1 atom stereocenters. The molecule has 0 spiro atoms. The molecule has 3 aromatic rings. The molecule has 0 aliphatic carbocycles. The van der Waals surface area contributed by atoms with E-state index in [4.69, 9.17) is 14.7 Å². The predicted molar refractivity (Wildman–Crippen MR) is 116 cm³/mol. The molecule has 0 fully saturated rings. The zero-order valence-electron chi connectivity index (χ0n) is 16.9. The van der Waals surface area contributed by atoms with Gasteiger partial charge in [-0.25, -0.2) is 31.7 Å². The Kier molecular flexibility index (Phi) is 6.79. The molecular weight excluding hydrogens is 458 g/mol. The molecular formula is C20H21N3O7S2. The summed E-state index contributed by atoms with van der Waals surface area (Å²) in [6.45, 7) is 1.66. The van der Waals surface area contributed by atoms with Crippen LogP contribution >= 0.6 is 0 Å². The van der Waals surface area contributed by atoms with E-state index >= 15 is 0 Å². The van der Waals surface area contributed by atoms with Crippen molar-refractivity contribution in [2.45, 2.75) is 24.3 Å². The molecule has 0 saturated carbocycles. The van der Waals surface area contributed by atoms with Crippen molar-refractivity contribution in [1.82, 2.24) is 9.71 Å². The normalized spacial score (nSPS) is 13.1. The fourth-order valence-corrected chi connectivity index (χ4v) is 4.94. The topological polar surface area (TPSA) is 170 Å². The number of hydrogen-bond acceptors (Lipinski definition) is 7. The van der Waals surface area contributed by atoms with E-state index in [0.717, 1.165) is 0 Å². The van der Waals surface area contributed by atoms with Crippen LogP contribution in [0.2, 0.25) is 0 Å². The molecule has 12 heteroatoms. The molecule has 3 rings (SSSR count). The second kappa shape index (κ2) is 9.20. The molecule has 10 nitrogen and oxygen atoms in total. The van der Waals surface area contributed by atoms with Crippen molar-refractivity contribution in [2.24, 2.45) is 5.14 Å². The Labute approximate surface area is 185 Å². The summed E-state index contributed by atoms with van der Waals surface area (Å²) in [5.41, 5.74) is 1.05. The average Bonchev–Trinajstić information content (AvgIpc) is 3.16. The first-order valence-electron chi connectivity index (χ1n) is 9.42. The minimum atomic E-state index is -4.17. The van der Waals surface area contributed by atoms with E-state index in [1.807, 2.05) is 0 Å². The Hall–Kier alpha value is -3.06. The van der Waals surface area contributed by atoms with Crippen LogP contribution in [0.5, 0.6) is 0 Å². The predicted octanol–water partition coefficient (Wildman–Crippen LogP) is 2.11. The summed E-state index contributed by atoms with van der Waals surface area (Å²) < 4.78 is 56.7. The molecule has 4 N–H and O–H groups in total. The second-order valence-corrected chi connectivity index (χ2v) is 10.2. The van der Waals surface area contributed by atoms with Gasteiger partial charge in [-0.1, -0.05) is 49.4 Å². The van der Waals surface area contributed by atoms with E-state index in [9.17, 15) is 21.6 Å². The van der Waals surface area contributed by atoms with Crippen LogP contribution in [0, 0.1) is 0 Å². The third-order valence-corrected chi connectivity index (χ3v) is 6.71. The van der Waals surface area contributed by atoms with Gasteiger partial charge in [-0.2, -0.15) is 0 Å². The molecule has 0 saturated heterocycles. The van der Waals surface area contributed by atoms with Crippen LogP contribution in [0.25, 0.3) is 22.6 Å². The van der Waals surface area contributed by atoms with Gasteiger partial charge in [0.2, 0.25) is 25.9 Å². The number of nitrogens with zero attached hydrogens (tertiary/aromatic N) is 1. The standard InChI is InChI=1S/C20H21N3O7S2/c1-2-15(23-31(26,27)12-17(24)25)20-22-18(13-8-4-3-5-9-13)19(30-20)14-10-6-7-11-16(14)32(21,28)29/h3-11,15,23H,2,12H2,1H3,(H,24,25)(H2,21,28,29). The maximum Gasteiger partial charge on any atom is 0.320 e. The molecule has 0 radical (unpaired) electrons. The van der Waals surface area contributed by atoms with Gasteiger partial charge >= 0.3 is 5.97 Å². The molecule has 0 bridgehead atoms. The maximum absolute atomic E-state index is 12.1. The smallest absolute Gasteiger partial charge is 0.320 e. The van der Waals surface area contributed by atoms with Gasteiger partial charge in [0.05, 0.1) is 10.9 Å². The van der Waals surface area contributed by atoms with Crippen molar-refractivity contribution in [2.75, 3.05) is 5.75 Å². The molecule has 0 aliphatic heterocycles. The fourth-order valence-electron chi connectivity index (χ4n) is 3.09. The Bertz CT molecular complexity index is 1330. The Morgan fingerprint density at radius 2 is 1.72 bits per heavy atom. The number of carboxylic acids is 1. The van der Waals surface area contributed by atoms with Crippen LogP contribution in [-0.2, 0) is 24.8 Å². The highest BCUT2D eigenvalue weighted by Gasteiger charge is 2.28. The third-order valence-electron chi connectivity index (χ3n) is 4.47. The third kappa shape index (κ3) is 5.40. The van der Waals surface area contributed by atoms with Crippen LogP contribution in [0.3, 0.4) is 0 Å². The van der Waals surface area contributed by atoms with E-state index in [2.05, 4.69) is 9.71 Å². The quantitative estimate of drug-likeness (QED) is 0.419. The number of benzene rings is 2. The first-order valence-corrected chi connectivity index (χ1v) is 12.6. The largest absolute Gasteiger partial charge is 0.480 e. The zero-order chi connectivity index (χ0) is 23.5. The van der Waals surface area contributed by atoms with Crippen molar-refractivity contribution in [3.05, 3.63) is 60.5 Å². The van der Waals surface area contributed by atoms with Crippen molar-refractivity contribution in [3.8, 4) is 22.6 Å². The first-order chi connectivity index (χ1) is 15.0. The van der Waals surface area contributed by atoms with Gasteiger partial charge in [-0.3, -0.25) is 4.79 Å². The van der Waals surface area contributed by atoms with Crippen molar-refractivity contribution in [3.63, 3.8) is 0 Å². The highest BCUT2D eigenvalue weighted by Crippen LogP contribution is 2.37. The summed E-state index contributed by atoms with van der Waals surface area (Å²) in [6.07, 6.45) is 0.198. The Morgan fingerprint density at radius 1 is 1.09 bits per heavy atom. The Balaban J connectivity index is 2.18. The summed E-state index contributed by atoms with van der Waals surface area (Å²) in [5.74, 6) is -2.57. The number of oxazole rings is 1. The lowest BCUT2D eigenvalue weighted by atomic mass is 10.1. The number of carboxylic acid groups (broad SMARTS) is 1. The van der Waals surface area contributed by atoms with E-state index < -0.39 is 37.8 Å². The lowest BCUT2D eigenvalue weighted by Crippen LogP contribution is -2.33. The number of hydrogen-bond donors (Lipinski definition) is 3. The highest BCUT2D eigenvalue weighted by molar-refractivity contribution is 7.90. The molecule has 170 valence electrons. The van der Waals surface area contributed by atoms with Crippen molar-refractivity contribution < 1.29 is 31.2 Å². The number of nitrogens with one attached hydrogen (secondary N) is 1. The summed E-state index contributed by atoms with van der Waals surface area (Å²) in [5, 5.41) is 14.2. The van der Waals surface area contributed by atoms with Crippen LogP contribution in [-0.4, -0.2) is 38.6 Å². The minimum absolute atomic E-state index is 0.0421. The molecule has 0 amide bonds. The van der Waals surface area contributed by atoms with Crippen LogP contribution in [0.15, 0.2) is 63.9 Å². The molecule has 1 unspecified atom stereocenters. The number of sulfonamides is 2. The second-order valence-electron chi connectivity index (χ2n) is 6.87. The average molecular weight is 480 g/mol. The van der Waals surface area contributed by atoms with E-state index in [1.165, 1.54) is 18.2 Å². The van der Waals surface area contributed by atoms with Crippen molar-refractivity contribution >= 4 is 26.0 Å². The number of aliphatic carboxylic acids is 1. The lowest BCUT2D eigenvalue weighted by molar-refractivity contribution is -0.134. The van der Waals surface area contributed by atoms with Gasteiger partial charge in [0.15, 0.2) is 11.5 Å². The summed E-state index contributed by atoms with van der Waals surface area (Å²) in [6, 6.07) is 13.7. The monoisotopic (exact) mass is 479 g/mol. The van der Waals surface area contributed by atoms with Gasteiger partial charge in [0, 0.05) is 11.1 Å². The maximum atomic E-state index is 12.1. The summed E-state index contributed by atoms with van der Waals surface area (Å²) in [7, 11) is -8.27. The van der Waals surface area contributed by atoms with Gasteiger partial charge in [-0.05, 0) is 18.6 Å². The molecule has 32 heavy (non-hydrogen) atoms. The molecule has 0 aliphatic rings. The van der Waals surface area contributed by atoms with Gasteiger partial charge in [-0.15, -0.1) is 0 Å². The van der Waals surface area contributed by atoms with Crippen LogP contribution in [0.1, 0.15) is 25.3 Å². The first kappa shape index (κ1) is 23.6. The highest BCUT2D eigenvalue weighted by atomic mass is 32.2. The van der Waals surface area contributed by atoms with Crippen molar-refractivity contribution in [1.29, 1.82) is 0 Å². The number of aromatic nitrogens is 1. The molecule has 2 aromatic carbocycles. The number of nitrogens with two attached hydrogens (primary N) is 1. The van der Waals surface area contributed by atoms with E-state index in [-0.39, 0.29) is 34.2 Å². The Morgan fingerprint density at radius 3 is 2.31 bits per heavy atom. The van der Waals surface area contributed by atoms with Crippen LogP contribution in [0.4, 0.5) is 0 Å². The zero-order valence-corrected chi connectivity index (χ0v) is 18.6. The number of rotatable bonds is 9. The van der Waals surface area contributed by atoms with E-state index in [0.29, 0.717) is 5.56 Å². The number of carbonyl (C=O) groups is 1. The molecule has 1 heterocycles. The molecule has 1 aromatic heterocycles. The van der Waals surface area contributed by atoms with Gasteiger partial charge in [0.25, 0.3) is 0 Å². The summed E-state index contributed by atoms with van der Waals surface area (Å²) in [4.78, 5) is 15.1. The summed E-state index contributed by atoms with van der Waals surface area (Å²) >= 11 is 0. The van der Waals surface area contributed by atoms with Gasteiger partial charge < -0.3 is 9.52 Å². The minimum Gasteiger partial charge on any atom is -0.480 e. The van der Waals surface area contributed by atoms with Gasteiger partial charge in [0.1, 0.15) is 5.69 Å². The van der Waals surface area contributed by atoms with Crippen LogP contribution < -0.4 is 9.86 Å². The fraction of sp³-hybridized carbons (Fsp3) is 0.200. The number of primary sulfonamides is 1. The van der Waals surface area contributed by atoms with E-state index in [1.54, 1.807) is 43.3 Å². The SMILES string of the molecule is CCC(NS(=O)(=O)CC(=O)O)c1nc(-c2ccccc2)c(-c2ccccc2S(N)(=O)=O)o1. The lowest BCUT2D eigenvalue weighted by Gasteiger charge is -2.12.